The zero-order valence-electron chi connectivity index (χ0n) is 13.0. The molecule has 6 heteroatoms. The Morgan fingerprint density at radius 2 is 1.87 bits per heavy atom. The third-order valence-electron chi connectivity index (χ3n) is 3.93. The molecule has 1 aliphatic rings. The van der Waals surface area contributed by atoms with Crippen molar-refractivity contribution >= 4 is 29.3 Å². The second-order valence-corrected chi connectivity index (χ2v) is 6.01. The summed E-state index contributed by atoms with van der Waals surface area (Å²) in [5.41, 5.74) is 2.08. The number of piperazine rings is 1. The van der Waals surface area contributed by atoms with Crippen LogP contribution in [0.25, 0.3) is 6.08 Å². The molecule has 5 nitrogen and oxygen atoms in total. The molecule has 1 aromatic heterocycles. The van der Waals surface area contributed by atoms with Crippen LogP contribution in [0.15, 0.2) is 42.7 Å². The van der Waals surface area contributed by atoms with Gasteiger partial charge in [0.1, 0.15) is 0 Å². The summed E-state index contributed by atoms with van der Waals surface area (Å²) in [4.78, 5) is 16.4. The molecule has 0 radical (unpaired) electrons. The van der Waals surface area contributed by atoms with Gasteiger partial charge in [0, 0.05) is 61.8 Å². The van der Waals surface area contributed by atoms with E-state index >= 15 is 0 Å². The molecule has 2 heterocycles. The number of hydrogen-bond donors (Lipinski definition) is 0. The SMILES string of the molecule is Cn1cc(C=CC(=O)N2CCN(c3ccc(Cl)cc3)CC2)cn1. The summed E-state index contributed by atoms with van der Waals surface area (Å²) in [6.45, 7) is 3.10. The normalized spacial score (nSPS) is 15.4. The van der Waals surface area contributed by atoms with E-state index in [4.69, 9.17) is 11.6 Å². The Balaban J connectivity index is 1.55. The third kappa shape index (κ3) is 3.93. The first kappa shape index (κ1) is 15.6. The maximum atomic E-state index is 12.2. The highest BCUT2D eigenvalue weighted by Crippen LogP contribution is 2.19. The predicted octanol–water partition coefficient (Wildman–Crippen LogP) is 2.44. The van der Waals surface area contributed by atoms with Crippen LogP contribution in [0.4, 0.5) is 5.69 Å². The largest absolute Gasteiger partial charge is 0.368 e. The lowest BCUT2D eigenvalue weighted by molar-refractivity contribution is -0.126. The van der Waals surface area contributed by atoms with Crippen molar-refractivity contribution < 1.29 is 4.79 Å². The number of halogens is 1. The molecule has 0 aliphatic carbocycles. The van der Waals surface area contributed by atoms with E-state index in [0.29, 0.717) is 0 Å². The van der Waals surface area contributed by atoms with Gasteiger partial charge in [-0.2, -0.15) is 5.10 Å². The summed E-state index contributed by atoms with van der Waals surface area (Å²) in [7, 11) is 1.86. The van der Waals surface area contributed by atoms with Gasteiger partial charge in [-0.25, -0.2) is 0 Å². The zero-order chi connectivity index (χ0) is 16.2. The summed E-state index contributed by atoms with van der Waals surface area (Å²) in [6, 6.07) is 7.82. The molecule has 2 aromatic rings. The molecule has 0 bridgehead atoms. The molecule has 0 spiro atoms. The van der Waals surface area contributed by atoms with Crippen LogP contribution in [0.1, 0.15) is 5.56 Å². The van der Waals surface area contributed by atoms with Gasteiger partial charge in [0.15, 0.2) is 0 Å². The molecule has 120 valence electrons. The van der Waals surface area contributed by atoms with Gasteiger partial charge in [0.2, 0.25) is 5.91 Å². The van der Waals surface area contributed by atoms with Crippen LogP contribution in [0.5, 0.6) is 0 Å². The number of rotatable bonds is 3. The number of anilines is 1. The Morgan fingerprint density at radius 1 is 1.17 bits per heavy atom. The van der Waals surface area contributed by atoms with E-state index in [-0.39, 0.29) is 5.91 Å². The number of hydrogen-bond acceptors (Lipinski definition) is 3. The number of aryl methyl sites for hydroxylation is 1. The minimum atomic E-state index is 0.0459. The van der Waals surface area contributed by atoms with Crippen molar-refractivity contribution in [2.75, 3.05) is 31.1 Å². The average molecular weight is 331 g/mol. The Kier molecular flexibility index (Phi) is 4.67. The Bertz CT molecular complexity index is 700. The maximum absolute atomic E-state index is 12.2. The quantitative estimate of drug-likeness (QED) is 0.812. The van der Waals surface area contributed by atoms with Crippen LogP contribution in [0.3, 0.4) is 0 Å². The van der Waals surface area contributed by atoms with Gasteiger partial charge in [-0.3, -0.25) is 9.48 Å². The lowest BCUT2D eigenvalue weighted by Gasteiger charge is -2.35. The van der Waals surface area contributed by atoms with Crippen molar-refractivity contribution in [3.05, 3.63) is 53.3 Å². The molecule has 1 fully saturated rings. The average Bonchev–Trinajstić information content (AvgIpc) is 2.99. The van der Waals surface area contributed by atoms with Gasteiger partial charge >= 0.3 is 0 Å². The number of carbonyl (C=O) groups excluding carboxylic acids is 1. The summed E-state index contributed by atoms with van der Waals surface area (Å²) in [5.74, 6) is 0.0459. The highest BCUT2D eigenvalue weighted by molar-refractivity contribution is 6.30. The van der Waals surface area contributed by atoms with E-state index in [2.05, 4.69) is 10.00 Å². The fraction of sp³-hybridized carbons (Fsp3) is 0.294. The van der Waals surface area contributed by atoms with Gasteiger partial charge < -0.3 is 9.80 Å². The smallest absolute Gasteiger partial charge is 0.246 e. The van der Waals surface area contributed by atoms with Gasteiger partial charge in [0.05, 0.1) is 6.20 Å². The van der Waals surface area contributed by atoms with Gasteiger partial charge in [-0.05, 0) is 30.3 Å². The van der Waals surface area contributed by atoms with E-state index in [0.717, 1.165) is 42.5 Å². The maximum Gasteiger partial charge on any atom is 0.246 e. The van der Waals surface area contributed by atoms with Crippen molar-refractivity contribution in [1.29, 1.82) is 0 Å². The van der Waals surface area contributed by atoms with Crippen molar-refractivity contribution in [2.45, 2.75) is 0 Å². The van der Waals surface area contributed by atoms with Gasteiger partial charge in [0.25, 0.3) is 0 Å². The van der Waals surface area contributed by atoms with Crippen LogP contribution >= 0.6 is 11.6 Å². The Labute approximate surface area is 140 Å². The zero-order valence-corrected chi connectivity index (χ0v) is 13.8. The summed E-state index contributed by atoms with van der Waals surface area (Å²) in [6.07, 6.45) is 7.04. The molecule has 23 heavy (non-hydrogen) atoms. The van der Waals surface area contributed by atoms with Crippen molar-refractivity contribution in [1.82, 2.24) is 14.7 Å². The van der Waals surface area contributed by atoms with Crippen molar-refractivity contribution in [3.8, 4) is 0 Å². The molecule has 0 N–H and O–H groups in total. The van der Waals surface area contributed by atoms with E-state index < -0.39 is 0 Å². The molecular formula is C17H19ClN4O. The lowest BCUT2D eigenvalue weighted by Crippen LogP contribution is -2.48. The standard InChI is InChI=1S/C17H19ClN4O/c1-20-13-14(12-19-20)2-7-17(23)22-10-8-21(9-11-22)16-5-3-15(18)4-6-16/h2-7,12-13H,8-11H2,1H3. The highest BCUT2D eigenvalue weighted by Gasteiger charge is 2.19. The first-order chi connectivity index (χ1) is 11.1. The third-order valence-corrected chi connectivity index (χ3v) is 4.18. The number of amides is 1. The minimum Gasteiger partial charge on any atom is -0.368 e. The second kappa shape index (κ2) is 6.87. The Hall–Kier alpha value is -2.27. The predicted molar refractivity (Wildman–Crippen MR) is 92.5 cm³/mol. The molecule has 1 amide bonds. The first-order valence-corrected chi connectivity index (χ1v) is 7.96. The van der Waals surface area contributed by atoms with Gasteiger partial charge in [-0.15, -0.1) is 0 Å². The molecule has 0 unspecified atom stereocenters. The molecule has 0 atom stereocenters. The number of nitrogens with zero attached hydrogens (tertiary/aromatic N) is 4. The van der Waals surface area contributed by atoms with E-state index in [1.807, 2.05) is 42.4 Å². The molecular weight excluding hydrogens is 312 g/mol. The van der Waals surface area contributed by atoms with Crippen LogP contribution in [0, 0.1) is 0 Å². The molecule has 3 rings (SSSR count). The van der Waals surface area contributed by atoms with Crippen molar-refractivity contribution in [3.63, 3.8) is 0 Å². The number of carbonyl (C=O) groups is 1. The summed E-state index contributed by atoms with van der Waals surface area (Å²) >= 11 is 5.92. The topological polar surface area (TPSA) is 41.4 Å². The number of benzene rings is 1. The van der Waals surface area contributed by atoms with Crippen LogP contribution in [0.2, 0.25) is 5.02 Å². The van der Waals surface area contributed by atoms with E-state index in [1.165, 1.54) is 0 Å². The molecule has 1 aliphatic heterocycles. The summed E-state index contributed by atoms with van der Waals surface area (Å²) < 4.78 is 1.72. The number of aromatic nitrogens is 2. The summed E-state index contributed by atoms with van der Waals surface area (Å²) in [5, 5.41) is 4.82. The lowest BCUT2D eigenvalue weighted by atomic mass is 10.2. The molecule has 0 saturated carbocycles. The van der Waals surface area contributed by atoms with E-state index in [1.54, 1.807) is 23.0 Å². The van der Waals surface area contributed by atoms with Crippen LogP contribution in [-0.4, -0.2) is 46.8 Å². The first-order valence-electron chi connectivity index (χ1n) is 7.58. The van der Waals surface area contributed by atoms with Crippen molar-refractivity contribution in [2.24, 2.45) is 7.05 Å². The fourth-order valence-corrected chi connectivity index (χ4v) is 2.76. The monoisotopic (exact) mass is 330 g/mol. The van der Waals surface area contributed by atoms with Crippen LogP contribution < -0.4 is 4.90 Å². The van der Waals surface area contributed by atoms with Crippen LogP contribution in [-0.2, 0) is 11.8 Å². The Morgan fingerprint density at radius 3 is 2.48 bits per heavy atom. The second-order valence-electron chi connectivity index (χ2n) is 5.57. The molecule has 1 aromatic carbocycles. The van der Waals surface area contributed by atoms with Gasteiger partial charge in [-0.1, -0.05) is 11.6 Å². The minimum absolute atomic E-state index is 0.0459. The van der Waals surface area contributed by atoms with E-state index in [9.17, 15) is 4.79 Å². The fourth-order valence-electron chi connectivity index (χ4n) is 2.64. The molecule has 1 saturated heterocycles. The highest BCUT2D eigenvalue weighted by atomic mass is 35.5.